The Kier molecular flexibility index (Phi) is 11.3. The van der Waals surface area contributed by atoms with Gasteiger partial charge in [0.05, 0.1) is 19.3 Å². The first kappa shape index (κ1) is 27.9. The summed E-state index contributed by atoms with van der Waals surface area (Å²) in [4.78, 5) is 30.4. The van der Waals surface area contributed by atoms with E-state index in [-0.39, 0.29) is 31.8 Å². The molecule has 0 aromatic carbocycles. The van der Waals surface area contributed by atoms with Crippen LogP contribution in [0.5, 0.6) is 0 Å². The fourth-order valence-electron chi connectivity index (χ4n) is 3.89. The van der Waals surface area contributed by atoms with Crippen molar-refractivity contribution in [2.75, 3.05) is 33.5 Å². The molecule has 0 spiro atoms. The van der Waals surface area contributed by atoms with Crippen LogP contribution in [0.25, 0.3) is 4.85 Å². The molecule has 35 heavy (non-hydrogen) atoms. The predicted molar refractivity (Wildman–Crippen MR) is 133 cm³/mol. The Labute approximate surface area is 209 Å². The van der Waals surface area contributed by atoms with Gasteiger partial charge in [0.2, 0.25) is 6.54 Å². The third-order valence-electron chi connectivity index (χ3n) is 5.43. The van der Waals surface area contributed by atoms with E-state index in [4.69, 9.17) is 31.2 Å². The summed E-state index contributed by atoms with van der Waals surface area (Å²) < 4.78 is 42.0. The van der Waals surface area contributed by atoms with Crippen LogP contribution in [0.15, 0.2) is 15.8 Å². The number of nitrogens with zero attached hydrogens (tertiary/aromatic N) is 3. The van der Waals surface area contributed by atoms with E-state index in [1.165, 1.54) is 10.8 Å². The van der Waals surface area contributed by atoms with Crippen molar-refractivity contribution in [3.63, 3.8) is 0 Å². The number of aromatic nitrogens is 2. The zero-order valence-corrected chi connectivity index (χ0v) is 22.5. The molecular weight excluding hydrogens is 475 g/mol. The Morgan fingerprint density at radius 3 is 2.51 bits per heavy atom. The number of aromatic amines is 1. The lowest BCUT2D eigenvalue weighted by atomic mass is 10.1. The minimum absolute atomic E-state index is 0.0753. The first-order valence-corrected chi connectivity index (χ1v) is 12.9. The minimum Gasteiger partial charge on any atom is -0.382 e. The molecular formula is C23H39N4O7P. The van der Waals surface area contributed by atoms with Crippen molar-refractivity contribution in [2.45, 2.75) is 84.6 Å². The van der Waals surface area contributed by atoms with Crippen molar-refractivity contribution in [2.24, 2.45) is 0 Å². The van der Waals surface area contributed by atoms with Gasteiger partial charge in [0.25, 0.3) is 14.1 Å². The Balaban J connectivity index is 2.51. The number of nitrogens with one attached hydrogen (secondary N) is 1. The van der Waals surface area contributed by atoms with Gasteiger partial charge in [-0.1, -0.05) is 6.92 Å². The molecule has 1 N–H and O–H groups in total. The number of methoxy groups -OCH3 is 1. The summed E-state index contributed by atoms with van der Waals surface area (Å²) in [5.41, 5.74) is -0.788. The lowest BCUT2D eigenvalue weighted by Gasteiger charge is -2.38. The molecule has 2 rings (SSSR count). The molecule has 0 aliphatic carbocycles. The van der Waals surface area contributed by atoms with Crippen LogP contribution in [-0.4, -0.2) is 78.1 Å². The van der Waals surface area contributed by atoms with Gasteiger partial charge < -0.3 is 28.1 Å². The third-order valence-corrected chi connectivity index (χ3v) is 7.56. The topological polar surface area (TPSA) is 109 Å². The Morgan fingerprint density at radius 2 is 1.94 bits per heavy atom. The van der Waals surface area contributed by atoms with Crippen LogP contribution < -0.4 is 11.2 Å². The fraction of sp³-hybridized carbons (Fsp3) is 0.783. The van der Waals surface area contributed by atoms with Crippen LogP contribution in [0, 0.1) is 13.5 Å². The maximum atomic E-state index is 12.7. The molecule has 0 bridgehead atoms. The second kappa shape index (κ2) is 14.2. The van der Waals surface area contributed by atoms with Gasteiger partial charge in [-0.05, 0) is 41.0 Å². The average Bonchev–Trinajstić information content (AvgIpc) is 3.14. The van der Waals surface area contributed by atoms with E-state index < -0.39 is 50.7 Å². The summed E-state index contributed by atoms with van der Waals surface area (Å²) in [6.45, 7) is 19.4. The second-order valence-corrected chi connectivity index (χ2v) is 10.1. The normalized spacial score (nSPS) is 24.7. The summed E-state index contributed by atoms with van der Waals surface area (Å²) in [6, 6.07) is 0.151. The van der Waals surface area contributed by atoms with Gasteiger partial charge in [-0.25, -0.2) is 16.0 Å². The summed E-state index contributed by atoms with van der Waals surface area (Å²) in [7, 11) is -0.105. The molecule has 2 unspecified atom stereocenters. The monoisotopic (exact) mass is 515 g/mol. The summed E-state index contributed by atoms with van der Waals surface area (Å²) >= 11 is 0. The van der Waals surface area contributed by atoms with Crippen molar-refractivity contribution in [3.8, 4) is 0 Å². The highest BCUT2D eigenvalue weighted by atomic mass is 31.2. The van der Waals surface area contributed by atoms with E-state index in [9.17, 15) is 9.59 Å². The van der Waals surface area contributed by atoms with Crippen molar-refractivity contribution < 1.29 is 24.6 Å². The van der Waals surface area contributed by atoms with Crippen LogP contribution in [0.1, 0.15) is 54.2 Å². The third kappa shape index (κ3) is 7.67. The lowest BCUT2D eigenvalue weighted by Crippen LogP contribution is -2.42. The van der Waals surface area contributed by atoms with Crippen molar-refractivity contribution in [1.29, 1.82) is 0 Å². The maximum absolute atomic E-state index is 12.7. The average molecular weight is 516 g/mol. The molecule has 1 aliphatic heterocycles. The highest BCUT2D eigenvalue weighted by Crippen LogP contribution is 2.50. The molecule has 1 aliphatic rings. The number of H-pyrrole nitrogens is 1. The molecule has 11 nitrogen and oxygen atoms in total. The largest absolute Gasteiger partial charge is 0.382 e. The molecule has 0 radical (unpaired) electrons. The van der Waals surface area contributed by atoms with E-state index in [2.05, 4.69) is 14.5 Å². The summed E-state index contributed by atoms with van der Waals surface area (Å²) in [5, 5.41) is 0. The zero-order valence-electron chi connectivity index (χ0n) is 22.6. The zero-order chi connectivity index (χ0) is 27.0. The lowest BCUT2D eigenvalue weighted by molar-refractivity contribution is -0.0786. The van der Waals surface area contributed by atoms with Gasteiger partial charge in [-0.3, -0.25) is 14.3 Å². The molecule has 1 saturated heterocycles. The summed E-state index contributed by atoms with van der Waals surface area (Å²) in [6.07, 6.45) is -2.55. The minimum atomic E-state index is -1.66. The van der Waals surface area contributed by atoms with Crippen LogP contribution >= 0.6 is 8.53 Å². The highest BCUT2D eigenvalue weighted by molar-refractivity contribution is 7.44. The quantitative estimate of drug-likeness (QED) is 0.229. The molecule has 1 aromatic heterocycles. The number of ether oxygens (including phenoxy) is 3. The van der Waals surface area contributed by atoms with E-state index in [1.807, 2.05) is 27.7 Å². The van der Waals surface area contributed by atoms with Crippen molar-refractivity contribution in [3.05, 3.63) is 44.0 Å². The van der Waals surface area contributed by atoms with E-state index in [1.54, 1.807) is 21.0 Å². The standard InChI is InChI=1S/C23H39N4O7P/c1-9-18-19(34-35(32-11-10-24-7)27(15(2)3)16(4)5)20(31-13-12-30-8)22(33-18)26-14-17(6)21(28)25-23(26)29/h14-16,18-20,22H,9-13H2,1-6,8H3,(H,25,28,29)/t18-,19-,20-,22-,35?/m1/s1/i9D/t9?,18-,19-,20-,22-,35?. The fourth-order valence-corrected chi connectivity index (χ4v) is 5.63. The van der Waals surface area contributed by atoms with Crippen LogP contribution in [0.2, 0.25) is 0 Å². The second-order valence-electron chi connectivity index (χ2n) is 8.72. The van der Waals surface area contributed by atoms with E-state index in [0.29, 0.717) is 12.2 Å². The first-order chi connectivity index (χ1) is 17.0. The SMILES string of the molecule is [2H]C(C)[C@H]1O[C@@H](n2cc(C)c(=O)[nH]c2=O)[C@H](OCCOC)[C@@H]1OP(OCC[N+]#[C-])N(C(C)C)C(C)C. The molecule has 198 valence electrons. The van der Waals surface area contributed by atoms with Gasteiger partial charge in [0.1, 0.15) is 18.8 Å². The van der Waals surface area contributed by atoms with Crippen LogP contribution in [0.3, 0.4) is 0 Å². The molecule has 1 aromatic rings. The smallest absolute Gasteiger partial charge is 0.330 e. The number of aryl methyl sites for hydroxylation is 1. The van der Waals surface area contributed by atoms with Crippen LogP contribution in [0.4, 0.5) is 0 Å². The number of hydrogen-bond donors (Lipinski definition) is 1. The van der Waals surface area contributed by atoms with Gasteiger partial charge in [-0.15, -0.1) is 0 Å². The van der Waals surface area contributed by atoms with E-state index in [0.717, 1.165) is 0 Å². The van der Waals surface area contributed by atoms with Gasteiger partial charge >= 0.3 is 5.69 Å². The Bertz CT molecular complexity index is 972. The van der Waals surface area contributed by atoms with Crippen molar-refractivity contribution >= 4 is 8.53 Å². The summed E-state index contributed by atoms with van der Waals surface area (Å²) in [5.74, 6) is 0. The maximum Gasteiger partial charge on any atom is 0.330 e. The Morgan fingerprint density at radius 1 is 1.26 bits per heavy atom. The number of hydrogen-bond acceptors (Lipinski definition) is 8. The van der Waals surface area contributed by atoms with Gasteiger partial charge in [0, 0.05) is 32.3 Å². The molecule has 1 fully saturated rings. The molecule has 0 saturated carbocycles. The molecule has 2 heterocycles. The van der Waals surface area contributed by atoms with Crippen LogP contribution in [-0.2, 0) is 23.3 Å². The van der Waals surface area contributed by atoms with E-state index >= 15 is 0 Å². The Hall–Kier alpha value is -1.64. The number of rotatable bonds is 14. The van der Waals surface area contributed by atoms with Gasteiger partial charge in [-0.2, -0.15) is 0 Å². The highest BCUT2D eigenvalue weighted by Gasteiger charge is 2.49. The first-order valence-electron chi connectivity index (χ1n) is 12.3. The predicted octanol–water partition coefficient (Wildman–Crippen LogP) is 2.85. The molecule has 6 atom stereocenters. The molecule has 12 heteroatoms. The van der Waals surface area contributed by atoms with Crippen molar-refractivity contribution in [1.82, 2.24) is 14.2 Å². The van der Waals surface area contributed by atoms with Gasteiger partial charge in [0.15, 0.2) is 6.23 Å². The molecule has 0 amide bonds.